The van der Waals surface area contributed by atoms with Crippen LogP contribution in [0, 0.1) is 0 Å². The van der Waals surface area contributed by atoms with Gasteiger partial charge < -0.3 is 20.2 Å². The Kier molecular flexibility index (Phi) is 4.30. The molecule has 2 N–H and O–H groups in total. The van der Waals surface area contributed by atoms with E-state index in [1.54, 1.807) is 11.9 Å². The predicted molar refractivity (Wildman–Crippen MR) is 59.5 cm³/mol. The van der Waals surface area contributed by atoms with Crippen LogP contribution in [0.1, 0.15) is 13.3 Å². The molecule has 7 nitrogen and oxygen atoms in total. The van der Waals surface area contributed by atoms with Crippen molar-refractivity contribution in [3.8, 4) is 0 Å². The third kappa shape index (κ3) is 3.61. The number of nitrogens with zero attached hydrogens (tertiary/aromatic N) is 2. The van der Waals surface area contributed by atoms with E-state index < -0.39 is 18.0 Å². The van der Waals surface area contributed by atoms with Crippen LogP contribution < -0.4 is 5.32 Å². The standard InChI is InChI=1S/C10H17N3O4/c1-7(9(15)16)11-10(17)13-5-3-4-12(2)8(14)6-13/h7H,3-6H2,1-2H3,(H,11,17)(H,15,16). The van der Waals surface area contributed by atoms with Crippen LogP contribution in [0.4, 0.5) is 4.79 Å². The number of rotatable bonds is 2. The molecular weight excluding hydrogens is 226 g/mol. The summed E-state index contributed by atoms with van der Waals surface area (Å²) < 4.78 is 0. The van der Waals surface area contributed by atoms with Crippen LogP contribution >= 0.6 is 0 Å². The molecule has 0 radical (unpaired) electrons. The molecule has 1 rings (SSSR count). The van der Waals surface area contributed by atoms with Gasteiger partial charge in [-0.25, -0.2) is 4.79 Å². The number of aliphatic carboxylic acids is 1. The zero-order valence-electron chi connectivity index (χ0n) is 9.97. The molecule has 1 unspecified atom stereocenters. The van der Waals surface area contributed by atoms with Crippen molar-refractivity contribution >= 4 is 17.9 Å². The average molecular weight is 243 g/mol. The van der Waals surface area contributed by atoms with Crippen LogP contribution in [0.3, 0.4) is 0 Å². The van der Waals surface area contributed by atoms with Crippen LogP contribution in [-0.4, -0.2) is 65.5 Å². The number of hydrogen-bond acceptors (Lipinski definition) is 3. The Labute approximate surface area is 99.4 Å². The number of carboxylic acid groups (broad SMARTS) is 1. The van der Waals surface area contributed by atoms with Crippen LogP contribution in [0.15, 0.2) is 0 Å². The number of likely N-dealkylation sites (N-methyl/N-ethyl adjacent to an activating group) is 1. The molecule has 1 saturated heterocycles. The molecule has 1 aliphatic rings. The summed E-state index contributed by atoms with van der Waals surface area (Å²) in [5, 5.41) is 11.0. The Hall–Kier alpha value is -1.79. The fraction of sp³-hybridized carbons (Fsp3) is 0.700. The van der Waals surface area contributed by atoms with E-state index in [0.29, 0.717) is 19.5 Å². The third-order valence-electron chi connectivity index (χ3n) is 2.67. The first-order valence-corrected chi connectivity index (χ1v) is 5.44. The molecule has 1 fully saturated rings. The van der Waals surface area contributed by atoms with Crippen molar-refractivity contribution in [2.75, 3.05) is 26.7 Å². The lowest BCUT2D eigenvalue weighted by atomic mass is 10.3. The summed E-state index contributed by atoms with van der Waals surface area (Å²) >= 11 is 0. The molecule has 96 valence electrons. The molecule has 0 aromatic rings. The summed E-state index contributed by atoms with van der Waals surface area (Å²) in [6.45, 7) is 2.44. The Morgan fingerprint density at radius 1 is 1.41 bits per heavy atom. The van der Waals surface area contributed by atoms with E-state index in [2.05, 4.69) is 5.32 Å². The maximum atomic E-state index is 11.7. The summed E-state index contributed by atoms with van der Waals surface area (Å²) in [4.78, 5) is 36.7. The van der Waals surface area contributed by atoms with Gasteiger partial charge in [-0.15, -0.1) is 0 Å². The highest BCUT2D eigenvalue weighted by Crippen LogP contribution is 2.03. The molecule has 0 spiro atoms. The summed E-state index contributed by atoms with van der Waals surface area (Å²) in [5.41, 5.74) is 0. The highest BCUT2D eigenvalue weighted by Gasteiger charge is 2.24. The summed E-state index contributed by atoms with van der Waals surface area (Å²) in [7, 11) is 1.68. The molecule has 7 heteroatoms. The van der Waals surface area contributed by atoms with Crippen LogP contribution in [0.2, 0.25) is 0 Å². The van der Waals surface area contributed by atoms with Gasteiger partial charge in [0.15, 0.2) is 0 Å². The van der Waals surface area contributed by atoms with Gasteiger partial charge in [-0.3, -0.25) is 9.59 Å². The number of carbonyl (C=O) groups is 3. The smallest absolute Gasteiger partial charge is 0.325 e. The summed E-state index contributed by atoms with van der Waals surface area (Å²) in [6.07, 6.45) is 0.692. The Morgan fingerprint density at radius 2 is 2.06 bits per heavy atom. The van der Waals surface area contributed by atoms with Crippen LogP contribution in [-0.2, 0) is 9.59 Å². The SMILES string of the molecule is CC(NC(=O)N1CCCN(C)C(=O)C1)C(=O)O. The van der Waals surface area contributed by atoms with Crippen molar-refractivity contribution in [3.63, 3.8) is 0 Å². The van der Waals surface area contributed by atoms with Crippen molar-refractivity contribution in [2.24, 2.45) is 0 Å². The second-order valence-electron chi connectivity index (χ2n) is 4.10. The highest BCUT2D eigenvalue weighted by molar-refractivity contribution is 5.86. The third-order valence-corrected chi connectivity index (χ3v) is 2.67. The Balaban J connectivity index is 2.57. The van der Waals surface area contributed by atoms with Crippen molar-refractivity contribution in [1.29, 1.82) is 0 Å². The molecule has 1 aliphatic heterocycles. The minimum absolute atomic E-state index is 0.00529. The van der Waals surface area contributed by atoms with E-state index in [0.717, 1.165) is 0 Å². The van der Waals surface area contributed by atoms with Gasteiger partial charge in [0.25, 0.3) is 0 Å². The quantitative estimate of drug-likeness (QED) is 0.673. The van der Waals surface area contributed by atoms with Crippen molar-refractivity contribution in [3.05, 3.63) is 0 Å². The van der Waals surface area contributed by atoms with Gasteiger partial charge in [0.2, 0.25) is 5.91 Å². The van der Waals surface area contributed by atoms with E-state index >= 15 is 0 Å². The lowest BCUT2D eigenvalue weighted by molar-refractivity contribution is -0.138. The number of hydrogen-bond donors (Lipinski definition) is 2. The van der Waals surface area contributed by atoms with Crippen molar-refractivity contribution in [2.45, 2.75) is 19.4 Å². The number of carbonyl (C=O) groups excluding carboxylic acids is 2. The van der Waals surface area contributed by atoms with Gasteiger partial charge in [-0.1, -0.05) is 0 Å². The minimum Gasteiger partial charge on any atom is -0.480 e. The van der Waals surface area contributed by atoms with Gasteiger partial charge in [-0.2, -0.15) is 0 Å². The zero-order valence-corrected chi connectivity index (χ0v) is 9.97. The average Bonchev–Trinajstić information content (AvgIpc) is 2.41. The lowest BCUT2D eigenvalue weighted by Crippen LogP contribution is -2.48. The summed E-state index contributed by atoms with van der Waals surface area (Å²) in [6, 6.07) is -1.47. The molecule has 1 heterocycles. The van der Waals surface area contributed by atoms with Gasteiger partial charge in [0.1, 0.15) is 12.6 Å². The van der Waals surface area contributed by atoms with Crippen molar-refractivity contribution < 1.29 is 19.5 Å². The van der Waals surface area contributed by atoms with E-state index in [1.165, 1.54) is 11.8 Å². The highest BCUT2D eigenvalue weighted by atomic mass is 16.4. The van der Waals surface area contributed by atoms with E-state index in [4.69, 9.17) is 5.11 Å². The topological polar surface area (TPSA) is 90.0 Å². The fourth-order valence-corrected chi connectivity index (χ4v) is 1.50. The van der Waals surface area contributed by atoms with Gasteiger partial charge >= 0.3 is 12.0 Å². The molecule has 0 saturated carbocycles. The normalized spacial score (nSPS) is 18.6. The Bertz CT molecular complexity index is 332. The minimum atomic E-state index is -1.10. The van der Waals surface area contributed by atoms with Crippen molar-refractivity contribution in [1.82, 2.24) is 15.1 Å². The number of nitrogens with one attached hydrogen (secondary N) is 1. The van der Waals surface area contributed by atoms with E-state index in [1.807, 2.05) is 0 Å². The van der Waals surface area contributed by atoms with Crippen LogP contribution in [0.5, 0.6) is 0 Å². The zero-order chi connectivity index (χ0) is 13.0. The molecule has 0 aromatic heterocycles. The van der Waals surface area contributed by atoms with Gasteiger partial charge in [-0.05, 0) is 13.3 Å². The molecule has 3 amide bonds. The molecule has 17 heavy (non-hydrogen) atoms. The summed E-state index contributed by atoms with van der Waals surface area (Å²) in [5.74, 6) is -1.24. The molecule has 0 aliphatic carbocycles. The van der Waals surface area contributed by atoms with E-state index in [-0.39, 0.29) is 12.5 Å². The van der Waals surface area contributed by atoms with E-state index in [9.17, 15) is 14.4 Å². The molecular formula is C10H17N3O4. The van der Waals surface area contributed by atoms with Gasteiger partial charge in [0.05, 0.1) is 0 Å². The molecule has 0 bridgehead atoms. The fourth-order valence-electron chi connectivity index (χ4n) is 1.50. The predicted octanol–water partition coefficient (Wildman–Crippen LogP) is -0.667. The maximum Gasteiger partial charge on any atom is 0.325 e. The number of carboxylic acids is 1. The first-order valence-electron chi connectivity index (χ1n) is 5.44. The molecule has 1 atom stereocenters. The number of urea groups is 1. The second-order valence-corrected chi connectivity index (χ2v) is 4.10. The van der Waals surface area contributed by atoms with Gasteiger partial charge in [0, 0.05) is 20.1 Å². The second kappa shape index (κ2) is 5.51. The molecule has 0 aromatic carbocycles. The maximum absolute atomic E-state index is 11.7. The van der Waals surface area contributed by atoms with Crippen LogP contribution in [0.25, 0.3) is 0 Å². The lowest BCUT2D eigenvalue weighted by Gasteiger charge is -2.21. The monoisotopic (exact) mass is 243 g/mol. The number of amides is 3. The Morgan fingerprint density at radius 3 is 2.65 bits per heavy atom. The first-order chi connectivity index (χ1) is 7.91. The largest absolute Gasteiger partial charge is 0.480 e. The first kappa shape index (κ1) is 13.3.